The van der Waals surface area contributed by atoms with Crippen molar-refractivity contribution in [2.45, 2.75) is 13.3 Å². The van der Waals surface area contributed by atoms with Gasteiger partial charge in [0, 0.05) is 0 Å². The first-order valence-corrected chi connectivity index (χ1v) is 3.72. The Bertz CT molecular complexity index is 149. The van der Waals surface area contributed by atoms with Crippen molar-refractivity contribution in [2.75, 3.05) is 19.6 Å². The molecule has 1 amide bonds. The fourth-order valence-electron chi connectivity index (χ4n) is 0.591. The zero-order chi connectivity index (χ0) is 8.53. The smallest absolute Gasteiger partial charge is 0.234 e. The van der Waals surface area contributed by atoms with E-state index in [4.69, 9.17) is 6.42 Å². The number of hydrogen-bond acceptors (Lipinski definition) is 2. The van der Waals surface area contributed by atoms with Crippen LogP contribution in [0, 0.1) is 12.3 Å². The highest BCUT2D eigenvalue weighted by molar-refractivity contribution is 5.78. The van der Waals surface area contributed by atoms with E-state index in [-0.39, 0.29) is 5.91 Å². The topological polar surface area (TPSA) is 41.1 Å². The van der Waals surface area contributed by atoms with Crippen molar-refractivity contribution >= 4 is 5.91 Å². The van der Waals surface area contributed by atoms with Gasteiger partial charge in [0.1, 0.15) is 0 Å². The van der Waals surface area contributed by atoms with Crippen LogP contribution in [0.4, 0.5) is 0 Å². The second-order valence-electron chi connectivity index (χ2n) is 2.16. The van der Waals surface area contributed by atoms with Gasteiger partial charge in [0.2, 0.25) is 5.91 Å². The summed E-state index contributed by atoms with van der Waals surface area (Å²) in [5, 5.41) is 5.52. The molecule has 0 aromatic rings. The van der Waals surface area contributed by atoms with E-state index >= 15 is 0 Å². The largest absolute Gasteiger partial charge is 0.344 e. The van der Waals surface area contributed by atoms with Gasteiger partial charge in [-0.15, -0.1) is 6.42 Å². The predicted octanol–water partition coefficient (Wildman–Crippen LogP) is -0.265. The standard InChI is InChI=1S/C8H14N2O/c1-3-5-9-7-8(11)10-6-4-2/h2,9H,3,5-7H2,1H3,(H,10,11). The molecule has 2 N–H and O–H groups in total. The van der Waals surface area contributed by atoms with Gasteiger partial charge in [-0.25, -0.2) is 0 Å². The van der Waals surface area contributed by atoms with E-state index in [1.54, 1.807) is 0 Å². The Morgan fingerprint density at radius 3 is 2.91 bits per heavy atom. The lowest BCUT2D eigenvalue weighted by Gasteiger charge is -2.01. The lowest BCUT2D eigenvalue weighted by Crippen LogP contribution is -2.34. The van der Waals surface area contributed by atoms with Crippen LogP contribution in [0.25, 0.3) is 0 Å². The lowest BCUT2D eigenvalue weighted by atomic mass is 10.4. The number of rotatable bonds is 5. The number of hydrogen-bond donors (Lipinski definition) is 2. The lowest BCUT2D eigenvalue weighted by molar-refractivity contribution is -0.119. The van der Waals surface area contributed by atoms with Gasteiger partial charge < -0.3 is 10.6 Å². The van der Waals surface area contributed by atoms with Gasteiger partial charge in [-0.1, -0.05) is 12.8 Å². The van der Waals surface area contributed by atoms with Crippen molar-refractivity contribution in [3.05, 3.63) is 0 Å². The predicted molar refractivity (Wildman–Crippen MR) is 45.0 cm³/mol. The molecule has 0 aliphatic rings. The van der Waals surface area contributed by atoms with Crippen LogP contribution >= 0.6 is 0 Å². The maximum Gasteiger partial charge on any atom is 0.234 e. The van der Waals surface area contributed by atoms with E-state index < -0.39 is 0 Å². The summed E-state index contributed by atoms with van der Waals surface area (Å²) in [6.07, 6.45) is 5.98. The van der Waals surface area contributed by atoms with Gasteiger partial charge in [0.05, 0.1) is 13.1 Å². The number of terminal acetylenes is 1. The normalized spacial score (nSPS) is 8.73. The van der Waals surface area contributed by atoms with Crippen LogP contribution in [0.15, 0.2) is 0 Å². The molecule has 0 aromatic heterocycles. The maximum atomic E-state index is 10.8. The van der Waals surface area contributed by atoms with Crippen LogP contribution in [-0.2, 0) is 4.79 Å². The van der Waals surface area contributed by atoms with Crippen LogP contribution < -0.4 is 10.6 Å². The molecule has 0 aliphatic heterocycles. The van der Waals surface area contributed by atoms with Gasteiger partial charge in [0.15, 0.2) is 0 Å². The minimum absolute atomic E-state index is 0.0450. The summed E-state index contributed by atoms with van der Waals surface area (Å²) in [6, 6.07) is 0. The number of nitrogens with one attached hydrogen (secondary N) is 2. The number of amides is 1. The Kier molecular flexibility index (Phi) is 6.45. The van der Waals surface area contributed by atoms with Crippen LogP contribution in [0.3, 0.4) is 0 Å². The first-order valence-electron chi connectivity index (χ1n) is 3.72. The van der Waals surface area contributed by atoms with E-state index in [0.29, 0.717) is 13.1 Å². The van der Waals surface area contributed by atoms with Crippen LogP contribution in [0.1, 0.15) is 13.3 Å². The molecule has 0 atom stereocenters. The molecule has 3 heteroatoms. The second kappa shape index (κ2) is 7.10. The molecule has 0 fully saturated rings. The van der Waals surface area contributed by atoms with Gasteiger partial charge in [-0.05, 0) is 13.0 Å². The summed E-state index contributed by atoms with van der Waals surface area (Å²) in [4.78, 5) is 10.8. The van der Waals surface area contributed by atoms with Gasteiger partial charge >= 0.3 is 0 Å². The van der Waals surface area contributed by atoms with Gasteiger partial charge in [0.25, 0.3) is 0 Å². The second-order valence-corrected chi connectivity index (χ2v) is 2.16. The average Bonchev–Trinajstić information content (AvgIpc) is 2.01. The van der Waals surface area contributed by atoms with Crippen molar-refractivity contribution in [1.82, 2.24) is 10.6 Å². The molecule has 0 radical (unpaired) electrons. The van der Waals surface area contributed by atoms with Crippen molar-refractivity contribution in [2.24, 2.45) is 0 Å². The maximum absolute atomic E-state index is 10.8. The van der Waals surface area contributed by atoms with Crippen LogP contribution in [-0.4, -0.2) is 25.5 Å². The third kappa shape index (κ3) is 6.88. The van der Waals surface area contributed by atoms with E-state index in [1.807, 2.05) is 6.92 Å². The Balaban J connectivity index is 3.17. The molecule has 0 unspecified atom stereocenters. The molecule has 0 rings (SSSR count). The molecule has 62 valence electrons. The zero-order valence-corrected chi connectivity index (χ0v) is 6.81. The average molecular weight is 154 g/mol. The molecule has 11 heavy (non-hydrogen) atoms. The molecule has 0 bridgehead atoms. The van der Waals surface area contributed by atoms with E-state index in [1.165, 1.54) is 0 Å². The summed E-state index contributed by atoms with van der Waals surface area (Å²) < 4.78 is 0. The Morgan fingerprint density at radius 1 is 1.64 bits per heavy atom. The Labute approximate surface area is 67.6 Å². The van der Waals surface area contributed by atoms with Crippen molar-refractivity contribution in [3.63, 3.8) is 0 Å². The molecule has 0 spiro atoms. The molecular weight excluding hydrogens is 140 g/mol. The summed E-state index contributed by atoms with van der Waals surface area (Å²) in [7, 11) is 0. The third-order valence-electron chi connectivity index (χ3n) is 1.10. The van der Waals surface area contributed by atoms with Crippen LogP contribution in [0.5, 0.6) is 0 Å². The first-order chi connectivity index (χ1) is 5.31. The van der Waals surface area contributed by atoms with Gasteiger partial charge in [-0.2, -0.15) is 0 Å². The summed E-state index contributed by atoms with van der Waals surface area (Å²) in [5.41, 5.74) is 0. The minimum atomic E-state index is -0.0450. The van der Waals surface area contributed by atoms with E-state index in [2.05, 4.69) is 16.6 Å². The molecule has 3 nitrogen and oxygen atoms in total. The molecule has 0 saturated heterocycles. The SMILES string of the molecule is C#CCNC(=O)CNCCC. The Morgan fingerprint density at radius 2 is 2.36 bits per heavy atom. The summed E-state index contributed by atoms with van der Waals surface area (Å²) in [6.45, 7) is 3.58. The third-order valence-corrected chi connectivity index (χ3v) is 1.10. The zero-order valence-electron chi connectivity index (χ0n) is 6.81. The fourth-order valence-corrected chi connectivity index (χ4v) is 0.591. The fraction of sp³-hybridized carbons (Fsp3) is 0.625. The number of carbonyl (C=O) groups is 1. The molecule has 0 aromatic carbocycles. The minimum Gasteiger partial charge on any atom is -0.344 e. The first kappa shape index (κ1) is 9.99. The summed E-state index contributed by atoms with van der Waals surface area (Å²) >= 11 is 0. The Hall–Kier alpha value is -1.01. The van der Waals surface area contributed by atoms with E-state index in [9.17, 15) is 4.79 Å². The highest BCUT2D eigenvalue weighted by Crippen LogP contribution is 1.69. The quantitative estimate of drug-likeness (QED) is 0.423. The summed E-state index contributed by atoms with van der Waals surface area (Å²) in [5.74, 6) is 2.28. The monoisotopic (exact) mass is 154 g/mol. The molecule has 0 heterocycles. The molecule has 0 aliphatic carbocycles. The van der Waals surface area contributed by atoms with Crippen molar-refractivity contribution < 1.29 is 4.79 Å². The van der Waals surface area contributed by atoms with Crippen LogP contribution in [0.2, 0.25) is 0 Å². The highest BCUT2D eigenvalue weighted by atomic mass is 16.1. The van der Waals surface area contributed by atoms with E-state index in [0.717, 1.165) is 13.0 Å². The highest BCUT2D eigenvalue weighted by Gasteiger charge is 1.95. The molecule has 0 saturated carbocycles. The number of carbonyl (C=O) groups excluding carboxylic acids is 1. The van der Waals surface area contributed by atoms with Crippen molar-refractivity contribution in [3.8, 4) is 12.3 Å². The van der Waals surface area contributed by atoms with Gasteiger partial charge in [-0.3, -0.25) is 4.79 Å². The van der Waals surface area contributed by atoms with Crippen molar-refractivity contribution in [1.29, 1.82) is 0 Å². The molecular formula is C8H14N2O.